The summed E-state index contributed by atoms with van der Waals surface area (Å²) in [5.74, 6) is -0.431. The number of halogens is 1. The molecule has 1 aliphatic heterocycles. The van der Waals surface area contributed by atoms with Crippen molar-refractivity contribution in [1.29, 1.82) is 0 Å². The maximum atomic E-state index is 13.5. The molecule has 8 heteroatoms. The van der Waals surface area contributed by atoms with Crippen molar-refractivity contribution < 1.29 is 14.4 Å². The van der Waals surface area contributed by atoms with E-state index in [1.165, 1.54) is 0 Å². The fourth-order valence-electron chi connectivity index (χ4n) is 3.90. The highest BCUT2D eigenvalue weighted by molar-refractivity contribution is 9.10. The standard InChI is InChI=1S/C25H31BrN4O3/c1-17(2)27-25(33)30-14-13-29(16-18(30)3)24(32)22(15-19-7-5-4-6-8-19)28-23(31)20-9-11-21(26)12-10-20/h4-12,17-18,22H,13-16H2,1-3H3,(H,27,33)(H,28,31). The number of carbonyl (C=O) groups is 3. The molecule has 7 nitrogen and oxygen atoms in total. The van der Waals surface area contributed by atoms with Crippen LogP contribution in [0.3, 0.4) is 0 Å². The van der Waals surface area contributed by atoms with Crippen molar-refractivity contribution in [3.8, 4) is 0 Å². The molecular weight excluding hydrogens is 484 g/mol. The summed E-state index contributed by atoms with van der Waals surface area (Å²) in [5, 5.41) is 5.85. The minimum absolute atomic E-state index is 0.0495. The van der Waals surface area contributed by atoms with E-state index in [4.69, 9.17) is 0 Å². The minimum atomic E-state index is -0.702. The van der Waals surface area contributed by atoms with Crippen LogP contribution in [0.2, 0.25) is 0 Å². The lowest BCUT2D eigenvalue weighted by Crippen LogP contribution is -2.61. The van der Waals surface area contributed by atoms with Gasteiger partial charge in [-0.2, -0.15) is 0 Å². The summed E-state index contributed by atoms with van der Waals surface area (Å²) < 4.78 is 0.879. The second kappa shape index (κ2) is 11.3. The van der Waals surface area contributed by atoms with E-state index in [2.05, 4.69) is 26.6 Å². The summed E-state index contributed by atoms with van der Waals surface area (Å²) >= 11 is 3.37. The summed E-state index contributed by atoms with van der Waals surface area (Å²) in [6.07, 6.45) is 0.393. The quantitative estimate of drug-likeness (QED) is 0.619. The summed E-state index contributed by atoms with van der Waals surface area (Å²) in [6, 6.07) is 15.8. The number of hydrogen-bond donors (Lipinski definition) is 2. The number of amides is 4. The third-order valence-corrected chi connectivity index (χ3v) is 6.13. The van der Waals surface area contributed by atoms with E-state index in [9.17, 15) is 14.4 Å². The van der Waals surface area contributed by atoms with Crippen LogP contribution in [0.1, 0.15) is 36.7 Å². The van der Waals surface area contributed by atoms with Crippen LogP contribution in [-0.2, 0) is 11.2 Å². The van der Waals surface area contributed by atoms with Gasteiger partial charge in [0, 0.05) is 48.2 Å². The lowest BCUT2D eigenvalue weighted by Gasteiger charge is -2.41. The van der Waals surface area contributed by atoms with Gasteiger partial charge in [0.15, 0.2) is 0 Å². The van der Waals surface area contributed by atoms with Gasteiger partial charge in [-0.1, -0.05) is 46.3 Å². The van der Waals surface area contributed by atoms with Crippen LogP contribution in [0, 0.1) is 0 Å². The van der Waals surface area contributed by atoms with Crippen LogP contribution in [0.25, 0.3) is 0 Å². The minimum Gasteiger partial charge on any atom is -0.340 e. The molecule has 2 aromatic carbocycles. The zero-order valence-electron chi connectivity index (χ0n) is 19.3. The Kier molecular flexibility index (Phi) is 8.49. The van der Waals surface area contributed by atoms with Crippen molar-refractivity contribution in [2.75, 3.05) is 19.6 Å². The van der Waals surface area contributed by atoms with E-state index < -0.39 is 6.04 Å². The van der Waals surface area contributed by atoms with Gasteiger partial charge in [0.2, 0.25) is 5.91 Å². The fourth-order valence-corrected chi connectivity index (χ4v) is 4.17. The second-order valence-electron chi connectivity index (χ2n) is 8.65. The van der Waals surface area contributed by atoms with Crippen molar-refractivity contribution in [3.63, 3.8) is 0 Å². The van der Waals surface area contributed by atoms with Crippen LogP contribution in [0.15, 0.2) is 59.1 Å². The molecular formula is C25H31BrN4O3. The largest absolute Gasteiger partial charge is 0.340 e. The highest BCUT2D eigenvalue weighted by atomic mass is 79.9. The Morgan fingerprint density at radius 1 is 1.00 bits per heavy atom. The van der Waals surface area contributed by atoms with Crippen LogP contribution < -0.4 is 10.6 Å². The summed E-state index contributed by atoms with van der Waals surface area (Å²) in [5.41, 5.74) is 1.46. The Morgan fingerprint density at radius 2 is 1.67 bits per heavy atom. The van der Waals surface area contributed by atoms with Crippen molar-refractivity contribution in [2.45, 2.75) is 45.3 Å². The van der Waals surface area contributed by atoms with E-state index in [-0.39, 0.29) is 29.9 Å². The Hall–Kier alpha value is -2.87. The Labute approximate surface area is 203 Å². The number of hydrogen-bond acceptors (Lipinski definition) is 3. The van der Waals surface area contributed by atoms with Crippen molar-refractivity contribution in [1.82, 2.24) is 20.4 Å². The Morgan fingerprint density at radius 3 is 2.27 bits per heavy atom. The first kappa shape index (κ1) is 24.8. The first-order valence-electron chi connectivity index (χ1n) is 11.2. The zero-order valence-corrected chi connectivity index (χ0v) is 20.8. The molecule has 0 saturated carbocycles. The maximum Gasteiger partial charge on any atom is 0.317 e. The van der Waals surface area contributed by atoms with Gasteiger partial charge in [-0.25, -0.2) is 4.79 Å². The molecule has 176 valence electrons. The Balaban J connectivity index is 1.73. The first-order valence-corrected chi connectivity index (χ1v) is 12.0. The molecule has 1 heterocycles. The van der Waals surface area contributed by atoms with Gasteiger partial charge >= 0.3 is 6.03 Å². The molecule has 0 radical (unpaired) electrons. The van der Waals surface area contributed by atoms with Crippen molar-refractivity contribution in [3.05, 3.63) is 70.2 Å². The lowest BCUT2D eigenvalue weighted by atomic mass is 10.0. The topological polar surface area (TPSA) is 81.8 Å². The number of piperazine rings is 1. The summed E-state index contributed by atoms with van der Waals surface area (Å²) in [4.78, 5) is 42.4. The highest BCUT2D eigenvalue weighted by Crippen LogP contribution is 2.15. The van der Waals surface area contributed by atoms with Gasteiger partial charge in [-0.05, 0) is 50.6 Å². The molecule has 2 unspecified atom stereocenters. The Bertz CT molecular complexity index is 965. The number of benzene rings is 2. The summed E-state index contributed by atoms with van der Waals surface area (Å²) in [6.45, 7) is 7.07. The molecule has 0 bridgehead atoms. The number of rotatable bonds is 6. The van der Waals surface area contributed by atoms with E-state index in [1.54, 1.807) is 34.1 Å². The molecule has 0 aromatic heterocycles. The number of nitrogens with one attached hydrogen (secondary N) is 2. The molecule has 0 aliphatic carbocycles. The molecule has 2 atom stereocenters. The van der Waals surface area contributed by atoms with E-state index in [1.807, 2.05) is 51.1 Å². The first-order chi connectivity index (χ1) is 15.7. The predicted octanol–water partition coefficient (Wildman–Crippen LogP) is 3.44. The van der Waals surface area contributed by atoms with Gasteiger partial charge in [-0.3, -0.25) is 9.59 Å². The number of carbonyl (C=O) groups excluding carboxylic acids is 3. The van der Waals surface area contributed by atoms with E-state index >= 15 is 0 Å². The molecule has 1 fully saturated rings. The van der Waals surface area contributed by atoms with E-state index in [0.717, 1.165) is 10.0 Å². The summed E-state index contributed by atoms with van der Waals surface area (Å²) in [7, 11) is 0. The van der Waals surface area contributed by atoms with E-state index in [0.29, 0.717) is 31.6 Å². The molecule has 0 spiro atoms. The third kappa shape index (κ3) is 6.81. The second-order valence-corrected chi connectivity index (χ2v) is 9.57. The van der Waals surface area contributed by atoms with Crippen molar-refractivity contribution in [2.24, 2.45) is 0 Å². The smallest absolute Gasteiger partial charge is 0.317 e. The average Bonchev–Trinajstić information content (AvgIpc) is 2.78. The fraction of sp³-hybridized carbons (Fsp3) is 0.400. The van der Waals surface area contributed by atoms with Crippen molar-refractivity contribution >= 4 is 33.8 Å². The SMILES string of the molecule is CC(C)NC(=O)N1CCN(C(=O)C(Cc2ccccc2)NC(=O)c2ccc(Br)cc2)CC1C. The number of urea groups is 1. The average molecular weight is 515 g/mol. The van der Waals surface area contributed by atoms with Crippen LogP contribution >= 0.6 is 15.9 Å². The van der Waals surface area contributed by atoms with Gasteiger partial charge in [0.25, 0.3) is 5.91 Å². The maximum absolute atomic E-state index is 13.5. The van der Waals surface area contributed by atoms with Gasteiger partial charge in [-0.15, -0.1) is 0 Å². The van der Waals surface area contributed by atoms with Gasteiger partial charge < -0.3 is 20.4 Å². The van der Waals surface area contributed by atoms with Gasteiger partial charge in [0.1, 0.15) is 6.04 Å². The molecule has 4 amide bonds. The molecule has 3 rings (SSSR count). The molecule has 1 saturated heterocycles. The lowest BCUT2D eigenvalue weighted by molar-refractivity contribution is -0.135. The third-order valence-electron chi connectivity index (χ3n) is 5.60. The predicted molar refractivity (Wildman–Crippen MR) is 132 cm³/mol. The monoisotopic (exact) mass is 514 g/mol. The van der Waals surface area contributed by atoms with Crippen LogP contribution in [-0.4, -0.2) is 65.4 Å². The molecule has 2 aromatic rings. The zero-order chi connectivity index (χ0) is 24.0. The highest BCUT2D eigenvalue weighted by Gasteiger charge is 2.33. The van der Waals surface area contributed by atoms with Crippen LogP contribution in [0.4, 0.5) is 4.79 Å². The van der Waals surface area contributed by atoms with Crippen LogP contribution in [0.5, 0.6) is 0 Å². The molecule has 1 aliphatic rings. The number of nitrogens with zero attached hydrogens (tertiary/aromatic N) is 2. The van der Waals surface area contributed by atoms with Gasteiger partial charge in [0.05, 0.1) is 0 Å². The molecule has 33 heavy (non-hydrogen) atoms. The normalized spacial score (nSPS) is 16.9. The molecule has 2 N–H and O–H groups in total.